The van der Waals surface area contributed by atoms with Gasteiger partial charge in [0.15, 0.2) is 0 Å². The first-order valence-corrected chi connectivity index (χ1v) is 18.3. The number of fused-ring (bicyclic) bond motifs is 11. The van der Waals surface area contributed by atoms with Gasteiger partial charge in [-0.3, -0.25) is 13.5 Å². The highest BCUT2D eigenvalue weighted by molar-refractivity contribution is 6.10. The molecule has 252 valence electrons. The van der Waals surface area contributed by atoms with Gasteiger partial charge in [0.2, 0.25) is 5.78 Å². The minimum atomic E-state index is 0.794. The number of pyridine rings is 1. The molecular weight excluding hydrogens is 661 g/mol. The normalized spacial score (nSPS) is 12.1. The van der Waals surface area contributed by atoms with Gasteiger partial charge in [-0.15, -0.1) is 0 Å². The Kier molecular flexibility index (Phi) is 5.96. The number of nitrogens with zero attached hydrogens (tertiary/aromatic N) is 6. The lowest BCUT2D eigenvalue weighted by Gasteiger charge is -2.17. The van der Waals surface area contributed by atoms with Gasteiger partial charge >= 0.3 is 0 Å². The predicted octanol–water partition coefficient (Wildman–Crippen LogP) is 11.7. The van der Waals surface area contributed by atoms with E-state index >= 15 is 0 Å². The van der Waals surface area contributed by atoms with Gasteiger partial charge in [-0.05, 0) is 72.3 Å². The second-order valence-electron chi connectivity index (χ2n) is 13.9. The predicted molar refractivity (Wildman–Crippen MR) is 221 cm³/mol. The van der Waals surface area contributed by atoms with Crippen molar-refractivity contribution in [3.8, 4) is 28.5 Å². The van der Waals surface area contributed by atoms with Crippen LogP contribution in [0.1, 0.15) is 0 Å². The van der Waals surface area contributed by atoms with E-state index in [0.717, 1.165) is 67.3 Å². The zero-order valence-corrected chi connectivity index (χ0v) is 29.0. The van der Waals surface area contributed by atoms with Crippen LogP contribution in [-0.4, -0.2) is 28.1 Å². The molecule has 54 heavy (non-hydrogen) atoms. The van der Waals surface area contributed by atoms with E-state index in [1.807, 2.05) is 6.07 Å². The summed E-state index contributed by atoms with van der Waals surface area (Å²) in [6.07, 6.45) is 0. The van der Waals surface area contributed by atoms with Crippen molar-refractivity contribution in [3.05, 3.63) is 182 Å². The van der Waals surface area contributed by atoms with E-state index in [2.05, 4.69) is 194 Å². The molecule has 0 aliphatic rings. The van der Waals surface area contributed by atoms with Crippen LogP contribution < -0.4 is 0 Å². The van der Waals surface area contributed by atoms with Crippen LogP contribution in [0.5, 0.6) is 0 Å². The third-order valence-corrected chi connectivity index (χ3v) is 11.0. The Labute approximate surface area is 309 Å². The number of hydrogen-bond acceptors (Lipinski definition) is 2. The summed E-state index contributed by atoms with van der Waals surface area (Å²) >= 11 is 0. The lowest BCUT2D eigenvalue weighted by atomic mass is 10.0. The number of hydrogen-bond donors (Lipinski definition) is 0. The highest BCUT2D eigenvalue weighted by Crippen LogP contribution is 2.39. The first-order valence-electron chi connectivity index (χ1n) is 18.3. The molecule has 0 atom stereocenters. The Hall–Kier alpha value is -7.44. The van der Waals surface area contributed by atoms with Crippen LogP contribution in [0.3, 0.4) is 0 Å². The smallest absolute Gasteiger partial charge is 0.221 e. The first-order chi connectivity index (χ1) is 26.8. The summed E-state index contributed by atoms with van der Waals surface area (Å²) in [5.41, 5.74) is 12.0. The summed E-state index contributed by atoms with van der Waals surface area (Å²) in [5, 5.41) is 4.86. The fourth-order valence-corrected chi connectivity index (χ4v) is 8.73. The van der Waals surface area contributed by atoms with Gasteiger partial charge in [0.1, 0.15) is 11.6 Å². The average molecular weight is 691 g/mol. The van der Waals surface area contributed by atoms with E-state index in [1.54, 1.807) is 0 Å². The summed E-state index contributed by atoms with van der Waals surface area (Å²) in [6, 6.07) is 64.7. The van der Waals surface area contributed by atoms with E-state index in [4.69, 9.17) is 9.97 Å². The Morgan fingerprint density at radius 2 is 0.778 bits per heavy atom. The van der Waals surface area contributed by atoms with E-state index < -0.39 is 0 Å². The van der Waals surface area contributed by atoms with Crippen molar-refractivity contribution < 1.29 is 0 Å². The van der Waals surface area contributed by atoms with Gasteiger partial charge in [0, 0.05) is 27.1 Å². The van der Waals surface area contributed by atoms with Gasteiger partial charge in [0.05, 0.1) is 49.8 Å². The summed E-state index contributed by atoms with van der Waals surface area (Å²) in [7, 11) is 0. The second kappa shape index (κ2) is 11.0. The highest BCUT2D eigenvalue weighted by Gasteiger charge is 2.22. The minimum absolute atomic E-state index is 0.794. The molecule has 6 nitrogen and oxygen atoms in total. The molecule has 0 fully saturated rings. The molecule has 12 aromatic rings. The largest absolute Gasteiger partial charge is 0.309 e. The van der Waals surface area contributed by atoms with Crippen LogP contribution >= 0.6 is 0 Å². The fourth-order valence-electron chi connectivity index (χ4n) is 8.73. The van der Waals surface area contributed by atoms with Gasteiger partial charge in [-0.1, -0.05) is 115 Å². The topological polar surface area (TPSA) is 45.0 Å². The molecule has 6 heteroatoms. The van der Waals surface area contributed by atoms with Gasteiger partial charge in [0.25, 0.3) is 0 Å². The van der Waals surface area contributed by atoms with Crippen molar-refractivity contribution in [1.29, 1.82) is 0 Å². The number of rotatable bonds is 4. The van der Waals surface area contributed by atoms with Crippen LogP contribution in [0.15, 0.2) is 182 Å². The Morgan fingerprint density at radius 3 is 1.39 bits per heavy atom. The van der Waals surface area contributed by atoms with Crippen molar-refractivity contribution in [2.45, 2.75) is 0 Å². The molecule has 0 radical (unpaired) electrons. The zero-order valence-electron chi connectivity index (χ0n) is 29.0. The quantitative estimate of drug-likeness (QED) is 0.184. The van der Waals surface area contributed by atoms with Crippen LogP contribution in [-0.2, 0) is 0 Å². The molecule has 12 rings (SSSR count). The summed E-state index contributed by atoms with van der Waals surface area (Å²) < 4.78 is 9.20. The number of aromatic nitrogens is 6. The van der Waals surface area contributed by atoms with E-state index in [-0.39, 0.29) is 0 Å². The standard InChI is InChI=1S/C48H30N6/c1-7-21-38(51-39-22-8-2-16-33(39)34-17-3-9-23-40(34)51)32(15-1)31-29-46(52-41-24-10-4-18-35(41)36-19-5-11-25-42(36)52)50-47(30-31)54-45-28-14-13-27-44(45)53-43-26-12-6-20-37(43)49-48(53)54/h1-30H. The number of benzene rings is 7. The molecule has 5 aromatic heterocycles. The number of imidazole rings is 2. The second-order valence-corrected chi connectivity index (χ2v) is 13.9. The van der Waals surface area contributed by atoms with E-state index in [9.17, 15) is 0 Å². The lowest BCUT2D eigenvalue weighted by molar-refractivity contribution is 0.996. The first kappa shape index (κ1) is 29.2. The Balaban J connectivity index is 1.22. The van der Waals surface area contributed by atoms with Gasteiger partial charge < -0.3 is 4.57 Å². The maximum Gasteiger partial charge on any atom is 0.221 e. The van der Waals surface area contributed by atoms with Crippen LogP contribution in [0.25, 0.3) is 99.9 Å². The molecule has 0 saturated carbocycles. The Morgan fingerprint density at radius 1 is 0.333 bits per heavy atom. The van der Waals surface area contributed by atoms with Crippen molar-refractivity contribution in [3.63, 3.8) is 0 Å². The van der Waals surface area contributed by atoms with Crippen molar-refractivity contribution in [2.75, 3.05) is 0 Å². The lowest BCUT2D eigenvalue weighted by Crippen LogP contribution is -2.05. The molecule has 5 heterocycles. The average Bonchev–Trinajstić information content (AvgIpc) is 3.96. The van der Waals surface area contributed by atoms with Crippen LogP contribution in [0, 0.1) is 0 Å². The number of para-hydroxylation sites is 9. The molecule has 0 unspecified atom stereocenters. The summed E-state index contributed by atoms with van der Waals surface area (Å²) in [5.74, 6) is 2.46. The fraction of sp³-hybridized carbons (Fsp3) is 0. The van der Waals surface area contributed by atoms with Crippen LogP contribution in [0.4, 0.5) is 0 Å². The Bertz CT molecular complexity index is 3360. The molecule has 0 amide bonds. The van der Waals surface area contributed by atoms with Crippen molar-refractivity contribution >= 4 is 71.5 Å². The molecule has 0 bridgehead atoms. The molecule has 0 N–H and O–H groups in total. The maximum absolute atomic E-state index is 5.57. The summed E-state index contributed by atoms with van der Waals surface area (Å²) in [4.78, 5) is 10.8. The monoisotopic (exact) mass is 690 g/mol. The van der Waals surface area contributed by atoms with Crippen molar-refractivity contribution in [2.24, 2.45) is 0 Å². The third kappa shape index (κ3) is 3.99. The van der Waals surface area contributed by atoms with E-state index in [0.29, 0.717) is 0 Å². The molecule has 7 aromatic carbocycles. The molecule has 0 saturated heterocycles. The summed E-state index contributed by atoms with van der Waals surface area (Å²) in [6.45, 7) is 0. The van der Waals surface area contributed by atoms with Gasteiger partial charge in [-0.2, -0.15) is 0 Å². The maximum atomic E-state index is 5.57. The highest BCUT2D eigenvalue weighted by atomic mass is 15.2. The molecule has 0 aliphatic heterocycles. The SMILES string of the molecule is c1ccc(-n2c3ccccc3c3ccccc32)c(-c2cc(-n3c4ccccc4c4ccccc43)nc(-n3c4ccccc4n4c5ccccc5nc34)c2)c1. The van der Waals surface area contributed by atoms with Gasteiger partial charge in [-0.25, -0.2) is 9.97 Å². The molecule has 0 aliphatic carbocycles. The minimum Gasteiger partial charge on any atom is -0.309 e. The van der Waals surface area contributed by atoms with Crippen LogP contribution in [0.2, 0.25) is 0 Å². The third-order valence-electron chi connectivity index (χ3n) is 11.0. The van der Waals surface area contributed by atoms with E-state index in [1.165, 1.54) is 32.6 Å². The molecule has 0 spiro atoms. The molecular formula is C48H30N6. The zero-order chi connectivity index (χ0) is 35.3. The van der Waals surface area contributed by atoms with Crippen molar-refractivity contribution in [1.82, 2.24) is 28.1 Å².